The number of hydrogen-bond donors (Lipinski definition) is 3. The molecule has 3 N–H and O–H groups in total. The highest BCUT2D eigenvalue weighted by atomic mass is 32.2. The van der Waals surface area contributed by atoms with Gasteiger partial charge < -0.3 is 5.32 Å². The van der Waals surface area contributed by atoms with Crippen LogP contribution in [-0.2, 0) is 10.0 Å². The smallest absolute Gasteiger partial charge is 0.257 e. The van der Waals surface area contributed by atoms with Crippen LogP contribution in [0.1, 0.15) is 31.1 Å². The summed E-state index contributed by atoms with van der Waals surface area (Å²) < 4.78 is 27.4. The molecule has 0 spiro atoms. The number of carbonyl (C=O) groups is 1. The predicted molar refractivity (Wildman–Crippen MR) is 132 cm³/mol. The molecule has 0 aliphatic heterocycles. The summed E-state index contributed by atoms with van der Waals surface area (Å²) in [5, 5.41) is 5.64. The molecule has 0 radical (unpaired) electrons. The quantitative estimate of drug-likeness (QED) is 0.479. The molecule has 0 bridgehead atoms. The Balaban J connectivity index is 1.60. The first kappa shape index (κ1) is 23.6. The Kier molecular flexibility index (Phi) is 7.08. The number of carbonyl (C=O) groups excluding carboxylic acids is 1. The maximum absolute atomic E-state index is 12.5. The summed E-state index contributed by atoms with van der Waals surface area (Å²) >= 11 is 5.22. The molecule has 0 aliphatic carbocycles. The molecule has 8 heteroatoms. The van der Waals surface area contributed by atoms with Gasteiger partial charge in [0.25, 0.3) is 5.91 Å². The molecule has 0 unspecified atom stereocenters. The monoisotopic (exact) mass is 467 g/mol. The van der Waals surface area contributed by atoms with Crippen LogP contribution >= 0.6 is 12.2 Å². The Morgan fingerprint density at radius 1 is 0.812 bits per heavy atom. The van der Waals surface area contributed by atoms with Crippen molar-refractivity contribution in [2.45, 2.75) is 31.2 Å². The lowest BCUT2D eigenvalue weighted by Crippen LogP contribution is -2.40. The second kappa shape index (κ2) is 9.60. The molecule has 0 aliphatic rings. The van der Waals surface area contributed by atoms with Gasteiger partial charge in [-0.25, -0.2) is 13.1 Å². The van der Waals surface area contributed by atoms with E-state index >= 15 is 0 Å². The summed E-state index contributed by atoms with van der Waals surface area (Å²) in [7, 11) is -3.62. The average molecular weight is 468 g/mol. The first-order valence-corrected chi connectivity index (χ1v) is 11.8. The van der Waals surface area contributed by atoms with Crippen LogP contribution in [-0.4, -0.2) is 25.0 Å². The van der Waals surface area contributed by atoms with Crippen molar-refractivity contribution in [1.29, 1.82) is 0 Å². The van der Waals surface area contributed by atoms with Gasteiger partial charge in [-0.05, 0) is 80.5 Å². The van der Waals surface area contributed by atoms with E-state index in [2.05, 4.69) is 15.4 Å². The standard InChI is InChI=1S/C24H25N3O3S2/c1-24(2,3)27-32(29,30)21-15-13-20(14-16-21)25-23(31)26-22(28)19-11-9-18(10-12-19)17-7-5-4-6-8-17/h4-16,27H,1-3H3,(H2,25,26,28,31). The van der Waals surface area contributed by atoms with Gasteiger partial charge in [-0.1, -0.05) is 42.5 Å². The number of nitrogens with one attached hydrogen (secondary N) is 3. The number of thiocarbonyl (C=S) groups is 1. The van der Waals surface area contributed by atoms with Crippen LogP contribution in [0, 0.1) is 0 Å². The van der Waals surface area contributed by atoms with Crippen LogP contribution < -0.4 is 15.4 Å². The topological polar surface area (TPSA) is 87.3 Å². The van der Waals surface area contributed by atoms with Crippen molar-refractivity contribution < 1.29 is 13.2 Å². The maximum atomic E-state index is 12.5. The minimum Gasteiger partial charge on any atom is -0.332 e. The fourth-order valence-corrected chi connectivity index (χ4v) is 4.59. The zero-order valence-electron chi connectivity index (χ0n) is 18.0. The normalized spacial score (nSPS) is 11.6. The molecule has 3 aromatic rings. The summed E-state index contributed by atoms with van der Waals surface area (Å²) in [6, 6.07) is 23.2. The molecule has 0 aromatic heterocycles. The van der Waals surface area contributed by atoms with Crippen LogP contribution in [0.25, 0.3) is 11.1 Å². The Morgan fingerprint density at radius 3 is 1.94 bits per heavy atom. The minimum atomic E-state index is -3.62. The summed E-state index contributed by atoms with van der Waals surface area (Å²) in [6.45, 7) is 5.32. The third-order valence-electron chi connectivity index (χ3n) is 4.34. The molecule has 0 fully saturated rings. The summed E-state index contributed by atoms with van der Waals surface area (Å²) in [5.41, 5.74) is 2.53. The largest absolute Gasteiger partial charge is 0.332 e. The van der Waals surface area contributed by atoms with E-state index < -0.39 is 15.6 Å². The molecule has 0 heterocycles. The molecule has 1 amide bonds. The van der Waals surface area contributed by atoms with Crippen molar-refractivity contribution in [2.75, 3.05) is 5.32 Å². The number of hydrogen-bond acceptors (Lipinski definition) is 4. The molecule has 32 heavy (non-hydrogen) atoms. The van der Waals surface area contributed by atoms with Crippen molar-refractivity contribution in [3.63, 3.8) is 0 Å². The van der Waals surface area contributed by atoms with Crippen LogP contribution in [0.15, 0.2) is 83.8 Å². The maximum Gasteiger partial charge on any atom is 0.257 e. The first-order valence-electron chi connectivity index (χ1n) is 9.95. The Hall–Kier alpha value is -3.07. The third kappa shape index (κ3) is 6.46. The van der Waals surface area contributed by atoms with Crippen LogP contribution in [0.4, 0.5) is 5.69 Å². The predicted octanol–water partition coefficient (Wildman–Crippen LogP) is 4.56. The Bertz CT molecular complexity index is 1200. The van der Waals surface area contributed by atoms with E-state index in [9.17, 15) is 13.2 Å². The second-order valence-electron chi connectivity index (χ2n) is 8.23. The van der Waals surface area contributed by atoms with Crippen molar-refractivity contribution in [3.05, 3.63) is 84.4 Å². The number of anilines is 1. The zero-order chi connectivity index (χ0) is 23.4. The van der Waals surface area contributed by atoms with E-state index in [-0.39, 0.29) is 15.9 Å². The minimum absolute atomic E-state index is 0.116. The molecule has 166 valence electrons. The summed E-state index contributed by atoms with van der Waals surface area (Å²) in [5.74, 6) is -0.337. The highest BCUT2D eigenvalue weighted by Crippen LogP contribution is 2.19. The fourth-order valence-electron chi connectivity index (χ4n) is 2.96. The third-order valence-corrected chi connectivity index (χ3v) is 6.32. The number of rotatable bonds is 5. The van der Waals surface area contributed by atoms with E-state index in [0.29, 0.717) is 11.3 Å². The van der Waals surface area contributed by atoms with Gasteiger partial charge in [0.1, 0.15) is 0 Å². The highest BCUT2D eigenvalue weighted by Gasteiger charge is 2.21. The van der Waals surface area contributed by atoms with Crippen LogP contribution in [0.5, 0.6) is 0 Å². The van der Waals surface area contributed by atoms with E-state index in [1.54, 1.807) is 45.0 Å². The molecule has 3 aromatic carbocycles. The highest BCUT2D eigenvalue weighted by molar-refractivity contribution is 7.89. The van der Waals surface area contributed by atoms with Crippen molar-refractivity contribution in [3.8, 4) is 11.1 Å². The molecular weight excluding hydrogens is 442 g/mol. The van der Waals surface area contributed by atoms with E-state index in [4.69, 9.17) is 12.2 Å². The molecule has 3 rings (SSSR count). The van der Waals surface area contributed by atoms with Gasteiger partial charge in [0.05, 0.1) is 4.90 Å². The van der Waals surface area contributed by atoms with Gasteiger partial charge in [0.2, 0.25) is 10.0 Å². The lowest BCUT2D eigenvalue weighted by atomic mass is 10.0. The van der Waals surface area contributed by atoms with E-state index in [0.717, 1.165) is 11.1 Å². The van der Waals surface area contributed by atoms with E-state index in [1.165, 1.54) is 12.1 Å². The molecule has 0 saturated carbocycles. The molecular formula is C24H25N3O3S2. The molecule has 0 atom stereocenters. The Morgan fingerprint density at radius 2 is 1.38 bits per heavy atom. The number of benzene rings is 3. The van der Waals surface area contributed by atoms with Crippen molar-refractivity contribution >= 4 is 38.9 Å². The molecule has 0 saturated heterocycles. The van der Waals surface area contributed by atoms with Gasteiger partial charge in [0, 0.05) is 16.8 Å². The van der Waals surface area contributed by atoms with Gasteiger partial charge in [-0.3, -0.25) is 10.1 Å². The molecule has 6 nitrogen and oxygen atoms in total. The van der Waals surface area contributed by atoms with Crippen molar-refractivity contribution in [2.24, 2.45) is 0 Å². The van der Waals surface area contributed by atoms with Crippen molar-refractivity contribution in [1.82, 2.24) is 10.0 Å². The lowest BCUT2D eigenvalue weighted by molar-refractivity contribution is 0.0977. The van der Waals surface area contributed by atoms with E-state index in [1.807, 2.05) is 42.5 Å². The number of sulfonamides is 1. The van der Waals surface area contributed by atoms with Gasteiger partial charge in [-0.15, -0.1) is 0 Å². The van der Waals surface area contributed by atoms with Gasteiger partial charge in [0.15, 0.2) is 5.11 Å². The second-order valence-corrected chi connectivity index (χ2v) is 10.3. The SMILES string of the molecule is CC(C)(C)NS(=O)(=O)c1ccc(NC(=S)NC(=O)c2ccc(-c3ccccc3)cc2)cc1. The Labute approximate surface area is 194 Å². The van der Waals surface area contributed by atoms with Crippen LogP contribution in [0.2, 0.25) is 0 Å². The summed E-state index contributed by atoms with van der Waals surface area (Å²) in [4.78, 5) is 12.6. The lowest BCUT2D eigenvalue weighted by Gasteiger charge is -2.20. The summed E-state index contributed by atoms with van der Waals surface area (Å²) in [6.07, 6.45) is 0. The van der Waals surface area contributed by atoms with Crippen LogP contribution in [0.3, 0.4) is 0 Å². The first-order chi connectivity index (χ1) is 15.0. The van der Waals surface area contributed by atoms with Gasteiger partial charge >= 0.3 is 0 Å². The fraction of sp³-hybridized carbons (Fsp3) is 0.167. The average Bonchev–Trinajstić information content (AvgIpc) is 2.73. The van der Waals surface area contributed by atoms with Gasteiger partial charge in [-0.2, -0.15) is 0 Å². The number of amides is 1. The zero-order valence-corrected chi connectivity index (χ0v) is 19.7.